The number of allylic oxidation sites excluding steroid dienone is 2. The lowest BCUT2D eigenvalue weighted by Crippen LogP contribution is -2.36. The number of aliphatic carboxylic acids is 1. The monoisotopic (exact) mass is 403 g/mol. The van der Waals surface area contributed by atoms with Crippen LogP contribution in [-0.2, 0) is 11.0 Å². The molecule has 2 aliphatic rings. The number of halogens is 4. The lowest BCUT2D eigenvalue weighted by Gasteiger charge is -2.28. The highest BCUT2D eigenvalue weighted by atomic mass is 32.1. The third-order valence-corrected chi connectivity index (χ3v) is 5.52. The second-order valence-electron chi connectivity index (χ2n) is 6.08. The molecule has 1 aliphatic heterocycles. The molecule has 27 heavy (non-hydrogen) atoms. The number of amides is 1. The number of aliphatic hydroxyl groups is 1. The molecule has 0 aromatic carbocycles. The average Bonchev–Trinajstić information content (AvgIpc) is 3.13. The maximum atomic E-state index is 13.9. The van der Waals surface area contributed by atoms with Gasteiger partial charge in [0.2, 0.25) is 0 Å². The molecule has 0 saturated carbocycles. The molecule has 2 N–H and O–H groups in total. The van der Waals surface area contributed by atoms with E-state index in [9.17, 15) is 32.3 Å². The summed E-state index contributed by atoms with van der Waals surface area (Å²) in [5, 5.41) is 18.7. The lowest BCUT2D eigenvalue weighted by molar-refractivity contribution is -0.136. The first-order valence-corrected chi connectivity index (χ1v) is 8.54. The highest BCUT2D eigenvalue weighted by Gasteiger charge is 2.42. The summed E-state index contributed by atoms with van der Waals surface area (Å²) in [6.07, 6.45) is -4.38. The normalized spacial score (nSPS) is 20.1. The Balaban J connectivity index is 2.03. The van der Waals surface area contributed by atoms with Crippen LogP contribution in [0.3, 0.4) is 0 Å². The molecular formula is C17H13F4NO4S. The van der Waals surface area contributed by atoms with E-state index < -0.39 is 47.0 Å². The van der Waals surface area contributed by atoms with Gasteiger partial charge in [0.05, 0.1) is 17.3 Å². The summed E-state index contributed by atoms with van der Waals surface area (Å²) < 4.78 is 52.3. The first-order chi connectivity index (χ1) is 12.5. The second kappa shape index (κ2) is 6.52. The van der Waals surface area contributed by atoms with E-state index in [-0.39, 0.29) is 39.5 Å². The standard InChI is InChI=1S/C17H13F4NO4S/c1-7-8(5-15(24)25)9-4-12(23)10(18)6-11(9)22(7)16(26)13-2-3-14(27-13)17(19,20)21/h2-4,11,23H,5-6H2,1H3,(H,24,25). The zero-order chi connectivity index (χ0) is 20.1. The van der Waals surface area contributed by atoms with Crippen LogP contribution in [0, 0.1) is 0 Å². The maximum Gasteiger partial charge on any atom is 0.425 e. The molecule has 2 heterocycles. The second-order valence-corrected chi connectivity index (χ2v) is 7.16. The first-order valence-electron chi connectivity index (χ1n) is 7.72. The fraction of sp³-hybridized carbons (Fsp3) is 0.294. The molecule has 1 aliphatic carbocycles. The molecule has 1 atom stereocenters. The van der Waals surface area contributed by atoms with Gasteiger partial charge in [0.25, 0.3) is 5.91 Å². The summed E-state index contributed by atoms with van der Waals surface area (Å²) in [5.41, 5.74) is 0.713. The number of carbonyl (C=O) groups excluding carboxylic acids is 1. The van der Waals surface area contributed by atoms with Gasteiger partial charge in [-0.05, 0) is 36.3 Å². The van der Waals surface area contributed by atoms with Gasteiger partial charge in [0.1, 0.15) is 16.5 Å². The molecule has 5 nitrogen and oxygen atoms in total. The van der Waals surface area contributed by atoms with Crippen molar-refractivity contribution in [1.82, 2.24) is 4.90 Å². The van der Waals surface area contributed by atoms with E-state index in [0.29, 0.717) is 0 Å². The van der Waals surface area contributed by atoms with E-state index in [0.717, 1.165) is 23.1 Å². The van der Waals surface area contributed by atoms with Crippen LogP contribution in [0.2, 0.25) is 0 Å². The Morgan fingerprint density at radius 2 is 2.00 bits per heavy atom. The number of hydrogen-bond acceptors (Lipinski definition) is 4. The summed E-state index contributed by atoms with van der Waals surface area (Å²) in [7, 11) is 0. The summed E-state index contributed by atoms with van der Waals surface area (Å²) in [5.74, 6) is -3.50. The predicted molar refractivity (Wildman–Crippen MR) is 87.7 cm³/mol. The zero-order valence-electron chi connectivity index (χ0n) is 13.8. The largest absolute Gasteiger partial charge is 0.505 e. The fourth-order valence-corrected chi connectivity index (χ4v) is 4.02. The van der Waals surface area contributed by atoms with Crippen LogP contribution >= 0.6 is 11.3 Å². The SMILES string of the molecule is CC1=C(CC(=O)O)C2=CC(O)=C(F)CC2N1C(=O)c1ccc(C(F)(F)F)s1. The third-order valence-electron chi connectivity index (χ3n) is 4.40. The number of thiophene rings is 1. The van der Waals surface area contributed by atoms with Crippen LogP contribution in [0.15, 0.2) is 46.6 Å². The average molecular weight is 403 g/mol. The number of carbonyl (C=O) groups is 2. The lowest BCUT2D eigenvalue weighted by atomic mass is 9.92. The van der Waals surface area contributed by atoms with Crippen LogP contribution in [0.1, 0.15) is 34.3 Å². The molecule has 0 fully saturated rings. The van der Waals surface area contributed by atoms with E-state index in [1.165, 1.54) is 6.92 Å². The number of aliphatic hydroxyl groups excluding tert-OH is 1. The van der Waals surface area contributed by atoms with Crippen molar-refractivity contribution in [3.8, 4) is 0 Å². The van der Waals surface area contributed by atoms with Crippen molar-refractivity contribution >= 4 is 23.2 Å². The number of rotatable bonds is 3. The summed E-state index contributed by atoms with van der Waals surface area (Å²) >= 11 is 0.263. The Morgan fingerprint density at radius 3 is 2.56 bits per heavy atom. The van der Waals surface area contributed by atoms with Gasteiger partial charge in [0.15, 0.2) is 0 Å². The molecule has 144 valence electrons. The van der Waals surface area contributed by atoms with Gasteiger partial charge < -0.3 is 15.1 Å². The van der Waals surface area contributed by atoms with Gasteiger partial charge in [-0.15, -0.1) is 11.3 Å². The van der Waals surface area contributed by atoms with Crippen LogP contribution in [-0.4, -0.2) is 33.0 Å². The van der Waals surface area contributed by atoms with Gasteiger partial charge >= 0.3 is 12.1 Å². The minimum absolute atomic E-state index is 0.197. The molecule has 1 aromatic rings. The van der Waals surface area contributed by atoms with E-state index in [4.69, 9.17) is 5.11 Å². The molecule has 1 aromatic heterocycles. The Hall–Kier alpha value is -2.62. The van der Waals surface area contributed by atoms with Crippen molar-refractivity contribution in [2.24, 2.45) is 0 Å². The molecule has 1 unspecified atom stereocenters. The van der Waals surface area contributed by atoms with Crippen molar-refractivity contribution in [3.63, 3.8) is 0 Å². The topological polar surface area (TPSA) is 77.8 Å². The van der Waals surface area contributed by atoms with Crippen molar-refractivity contribution in [2.45, 2.75) is 32.0 Å². The van der Waals surface area contributed by atoms with Crippen LogP contribution < -0.4 is 0 Å². The van der Waals surface area contributed by atoms with E-state index in [1.807, 2.05) is 0 Å². The van der Waals surface area contributed by atoms with E-state index in [2.05, 4.69) is 0 Å². The summed E-state index contributed by atoms with van der Waals surface area (Å²) in [6.45, 7) is 1.45. The highest BCUT2D eigenvalue weighted by Crippen LogP contribution is 2.43. The fourth-order valence-electron chi connectivity index (χ4n) is 3.21. The third kappa shape index (κ3) is 3.36. The molecule has 1 amide bonds. The van der Waals surface area contributed by atoms with Gasteiger partial charge in [-0.2, -0.15) is 13.2 Å². The first kappa shape index (κ1) is 19.2. The molecule has 3 rings (SSSR count). The van der Waals surface area contributed by atoms with Crippen molar-refractivity contribution in [3.05, 3.63) is 56.4 Å². The van der Waals surface area contributed by atoms with Gasteiger partial charge in [0, 0.05) is 12.1 Å². The highest BCUT2D eigenvalue weighted by molar-refractivity contribution is 7.14. The van der Waals surface area contributed by atoms with Crippen LogP contribution in [0.5, 0.6) is 0 Å². The molecule has 0 spiro atoms. The Bertz CT molecular complexity index is 926. The molecule has 10 heteroatoms. The molecule has 0 bridgehead atoms. The quantitative estimate of drug-likeness (QED) is 0.733. The Kier molecular flexibility index (Phi) is 4.62. The van der Waals surface area contributed by atoms with Crippen LogP contribution in [0.25, 0.3) is 0 Å². The smallest absolute Gasteiger partial charge is 0.425 e. The van der Waals surface area contributed by atoms with Crippen LogP contribution in [0.4, 0.5) is 17.6 Å². The zero-order valence-corrected chi connectivity index (χ0v) is 14.6. The number of fused-ring (bicyclic) bond motifs is 1. The maximum absolute atomic E-state index is 13.9. The molecule has 0 saturated heterocycles. The molecule has 0 radical (unpaired) electrons. The summed E-state index contributed by atoms with van der Waals surface area (Å²) in [6, 6.07) is 0.905. The number of carboxylic acids is 1. The van der Waals surface area contributed by atoms with Crippen molar-refractivity contribution in [2.75, 3.05) is 0 Å². The minimum atomic E-state index is -4.59. The number of alkyl halides is 3. The van der Waals surface area contributed by atoms with E-state index >= 15 is 0 Å². The predicted octanol–water partition coefficient (Wildman–Crippen LogP) is 4.41. The van der Waals surface area contributed by atoms with E-state index in [1.54, 1.807) is 0 Å². The van der Waals surface area contributed by atoms with Crippen molar-refractivity contribution in [1.29, 1.82) is 0 Å². The summed E-state index contributed by atoms with van der Waals surface area (Å²) in [4.78, 5) is 23.9. The number of nitrogens with zero attached hydrogens (tertiary/aromatic N) is 1. The Labute approximate surface area is 154 Å². The Morgan fingerprint density at radius 1 is 1.33 bits per heavy atom. The molecular weight excluding hydrogens is 390 g/mol. The van der Waals surface area contributed by atoms with Crippen molar-refractivity contribution < 1.29 is 37.4 Å². The van der Waals surface area contributed by atoms with Gasteiger partial charge in [-0.25, -0.2) is 4.39 Å². The number of hydrogen-bond donors (Lipinski definition) is 2. The van der Waals surface area contributed by atoms with Gasteiger partial charge in [-0.3, -0.25) is 9.59 Å². The van der Waals surface area contributed by atoms with Gasteiger partial charge in [-0.1, -0.05) is 0 Å². The number of carboxylic acid groups (broad SMARTS) is 1. The minimum Gasteiger partial charge on any atom is -0.505 e.